The van der Waals surface area contributed by atoms with Gasteiger partial charge in [0.15, 0.2) is 0 Å². The molecule has 0 saturated heterocycles. The van der Waals surface area contributed by atoms with Gasteiger partial charge < -0.3 is 9.13 Å². The lowest BCUT2D eigenvalue weighted by atomic mass is 9.86. The fourth-order valence-electron chi connectivity index (χ4n) is 22.7. The van der Waals surface area contributed by atoms with Gasteiger partial charge in [-0.05, 0) is 222 Å². The van der Waals surface area contributed by atoms with E-state index in [9.17, 15) is 0 Å². The van der Waals surface area contributed by atoms with Gasteiger partial charge in [-0.1, -0.05) is 449 Å². The summed E-state index contributed by atoms with van der Waals surface area (Å²) in [5, 5.41) is 24.9. The lowest BCUT2D eigenvalue weighted by Gasteiger charge is -2.18. The van der Waals surface area contributed by atoms with Gasteiger partial charge in [0.1, 0.15) is 0 Å². The number of hydrogen-bond donors (Lipinski definition) is 0. The fourth-order valence-corrected chi connectivity index (χ4v) is 23.9. The Morgan fingerprint density at radius 3 is 0.952 bits per heavy atom. The van der Waals surface area contributed by atoms with Crippen LogP contribution < -0.4 is 0 Å². The summed E-state index contributed by atoms with van der Waals surface area (Å²) in [4.78, 5) is 19.5. The summed E-state index contributed by atoms with van der Waals surface area (Å²) in [5.74, 6) is 0. The van der Waals surface area contributed by atoms with E-state index in [0.717, 1.165) is 54.9 Å². The van der Waals surface area contributed by atoms with Crippen LogP contribution in [0.4, 0.5) is 0 Å². The molecule has 0 radical (unpaired) electrons. The van der Waals surface area contributed by atoms with E-state index >= 15 is 0 Å². The van der Waals surface area contributed by atoms with E-state index in [4.69, 9.17) is 9.97 Å². The maximum atomic E-state index is 5.20. The van der Waals surface area contributed by atoms with Crippen LogP contribution in [0, 0.1) is 0 Å². The lowest BCUT2D eigenvalue weighted by molar-refractivity contribution is 1.18. The van der Waals surface area contributed by atoms with Gasteiger partial charge in [-0.15, -0.1) is 11.3 Å². The molecule has 0 amide bonds. The highest BCUT2D eigenvalue weighted by atomic mass is 32.1. The van der Waals surface area contributed by atoms with Crippen LogP contribution in [0.5, 0.6) is 0 Å². The molecule has 30 rings (SSSR count). The molecular formula is C140H90N6S. The third-order valence-corrected chi connectivity index (χ3v) is 30.5. The second kappa shape index (κ2) is 37.4. The van der Waals surface area contributed by atoms with Gasteiger partial charge in [0.2, 0.25) is 0 Å². The smallest absolute Gasteiger partial charge is 0.0979 e. The first-order chi connectivity index (χ1) is 73.0. The van der Waals surface area contributed by atoms with Gasteiger partial charge in [0.05, 0.1) is 56.0 Å². The number of aromatic nitrogens is 6. The number of benzene rings is 24. The Labute approximate surface area is 853 Å². The van der Waals surface area contributed by atoms with E-state index in [2.05, 4.69) is 535 Å². The van der Waals surface area contributed by atoms with Crippen molar-refractivity contribution in [2.24, 2.45) is 0 Å². The first-order valence-electron chi connectivity index (χ1n) is 50.1. The second-order valence-corrected chi connectivity index (χ2v) is 38.6. The normalized spacial score (nSPS) is 11.5. The van der Waals surface area contributed by atoms with Gasteiger partial charge in [-0.25, -0.2) is 4.98 Å². The predicted octanol–water partition coefficient (Wildman–Crippen LogP) is 38.3. The van der Waals surface area contributed by atoms with E-state index in [-0.39, 0.29) is 0 Å². The molecule has 6 aromatic heterocycles. The van der Waals surface area contributed by atoms with Crippen molar-refractivity contribution in [3.05, 3.63) is 546 Å². The van der Waals surface area contributed by atoms with Gasteiger partial charge >= 0.3 is 0 Å². The van der Waals surface area contributed by atoms with Crippen LogP contribution in [-0.4, -0.2) is 29.1 Å². The average Bonchev–Trinajstić information content (AvgIpc) is 1.73. The fraction of sp³-hybridized carbons (Fsp3) is 0. The Hall–Kier alpha value is -19.2. The predicted molar refractivity (Wildman–Crippen MR) is 625 cm³/mol. The monoisotopic (exact) mass is 1890 g/mol. The number of thiophene rings is 1. The molecular weight excluding hydrogens is 1800 g/mol. The molecule has 147 heavy (non-hydrogen) atoms. The second-order valence-electron chi connectivity index (χ2n) is 37.5. The summed E-state index contributed by atoms with van der Waals surface area (Å²) in [6.07, 6.45) is 5.67. The standard InChI is InChI=1S/C44H29N.C38H25N.C34H20N2S.C24H16N2/c1-3-13-31(14-4-1)43-36-18-7-9-20-38(36)44(39-21-10-8-19-37(39)43)32-25-23-30(24-26-32)33-27-28-42-40(29-33)35-17-11-12-22-41(35)45(42)34-15-5-2-6-16-34;1-2-12-26(13-3-1)37-31-16-4-6-18-33(31)38(34-19-7-5-17-32(34)37)27-22-24-28(25-23-27)39-35-20-10-8-14-29(35)30-15-9-11-21-36(30)39;1-3-14-27-24(11-1)25-12-2-4-15-28(25)33-32(27)35-20-30(36-33)22-10-7-9-21(19-22)23-16-8-17-29-26-13-5-6-18-31(26)37-34(23)29;1-3-7-17(8-4-1)19-13-15-25-23-21(19)11-12-22-20(14-16-26-24(22)23)18-9-5-2-6-10-18/h1-29H;1-25H;1-20H;1-16H. The summed E-state index contributed by atoms with van der Waals surface area (Å²) in [6, 6.07) is 189. The Balaban J connectivity index is 0.0000000985. The number of para-hydroxylation sites is 4. The van der Waals surface area contributed by atoms with Gasteiger partial charge in [-0.3, -0.25) is 15.0 Å². The zero-order chi connectivity index (χ0) is 97.2. The molecule has 0 atom stereocenters. The maximum absolute atomic E-state index is 5.20. The van der Waals surface area contributed by atoms with E-state index < -0.39 is 0 Å². The van der Waals surface area contributed by atoms with Crippen molar-refractivity contribution < 1.29 is 0 Å². The van der Waals surface area contributed by atoms with Crippen molar-refractivity contribution >= 4 is 173 Å². The average molecular weight is 1890 g/mol. The number of fused-ring (bicyclic) bond motifs is 22. The number of rotatable bonds is 11. The van der Waals surface area contributed by atoms with Crippen molar-refractivity contribution in [1.82, 2.24) is 29.1 Å². The maximum Gasteiger partial charge on any atom is 0.0979 e. The van der Waals surface area contributed by atoms with Crippen LogP contribution in [0.15, 0.2) is 546 Å². The van der Waals surface area contributed by atoms with E-state index in [1.165, 1.54) is 218 Å². The molecule has 6 heterocycles. The SMILES string of the molecule is c1cc(-c2cnc3c4ccccc4c4ccccc4c3n2)cc(-c2cccc3c2sc2ccccc23)c1.c1ccc(-c2c3ccccc3c(-c3ccc(-c4ccc5c(c4)c4ccccc4n5-c4ccccc4)cc3)c3ccccc23)cc1.c1ccc(-c2c3ccccc3c(-c3ccc(-n4c5ccccc5c5ccccc54)cc3)c3ccccc23)cc1.c1ccc(-c2ccnc3c2ccc2c(-c4ccccc4)ccnc23)cc1. The van der Waals surface area contributed by atoms with E-state index in [1.54, 1.807) is 0 Å². The highest BCUT2D eigenvalue weighted by Crippen LogP contribution is 2.50. The molecule has 0 fully saturated rings. The summed E-state index contributed by atoms with van der Waals surface area (Å²) in [5.41, 5.74) is 32.8. The molecule has 686 valence electrons. The van der Waals surface area contributed by atoms with Crippen LogP contribution in [0.1, 0.15) is 0 Å². The number of hydrogen-bond acceptors (Lipinski definition) is 5. The van der Waals surface area contributed by atoms with Crippen LogP contribution in [-0.2, 0) is 0 Å². The Morgan fingerprint density at radius 2 is 0.483 bits per heavy atom. The minimum atomic E-state index is 0.887. The summed E-state index contributed by atoms with van der Waals surface area (Å²) >= 11 is 1.86. The third kappa shape index (κ3) is 15.4. The molecule has 0 aliphatic carbocycles. The Morgan fingerprint density at radius 1 is 0.163 bits per heavy atom. The molecule has 0 aliphatic rings. The van der Waals surface area contributed by atoms with Gasteiger partial charge in [-0.2, -0.15) is 0 Å². The first kappa shape index (κ1) is 86.9. The van der Waals surface area contributed by atoms with E-state index in [0.29, 0.717) is 0 Å². The van der Waals surface area contributed by atoms with Gasteiger partial charge in [0.25, 0.3) is 0 Å². The molecule has 0 unspecified atom stereocenters. The van der Waals surface area contributed by atoms with Crippen molar-refractivity contribution in [2.45, 2.75) is 0 Å². The number of nitrogens with zero attached hydrogens (tertiary/aromatic N) is 6. The van der Waals surface area contributed by atoms with Crippen LogP contribution in [0.25, 0.3) is 273 Å². The Bertz CT molecular complexity index is 10100. The van der Waals surface area contributed by atoms with Crippen LogP contribution in [0.3, 0.4) is 0 Å². The molecule has 0 N–H and O–H groups in total. The zero-order valence-corrected chi connectivity index (χ0v) is 80.9. The van der Waals surface area contributed by atoms with Crippen molar-refractivity contribution in [3.8, 4) is 112 Å². The highest BCUT2D eigenvalue weighted by Gasteiger charge is 2.24. The van der Waals surface area contributed by atoms with Crippen LogP contribution in [0.2, 0.25) is 0 Å². The van der Waals surface area contributed by atoms with Gasteiger partial charge in [0, 0.05) is 92.6 Å². The van der Waals surface area contributed by atoms with E-state index in [1.807, 2.05) is 42.1 Å². The molecule has 0 bridgehead atoms. The van der Waals surface area contributed by atoms with Crippen molar-refractivity contribution in [1.29, 1.82) is 0 Å². The third-order valence-electron chi connectivity index (χ3n) is 29.3. The summed E-state index contributed by atoms with van der Waals surface area (Å²) < 4.78 is 7.39. The molecule has 6 nitrogen and oxygen atoms in total. The molecule has 0 saturated carbocycles. The minimum absolute atomic E-state index is 0.887. The molecule has 0 spiro atoms. The minimum Gasteiger partial charge on any atom is -0.309 e. The van der Waals surface area contributed by atoms with Crippen LogP contribution >= 0.6 is 11.3 Å². The number of pyridine rings is 2. The lowest BCUT2D eigenvalue weighted by Crippen LogP contribution is -1.94. The largest absolute Gasteiger partial charge is 0.309 e. The van der Waals surface area contributed by atoms with Crippen molar-refractivity contribution in [2.75, 3.05) is 0 Å². The molecule has 7 heteroatoms. The quantitative estimate of drug-likeness (QED) is 0.0956. The topological polar surface area (TPSA) is 61.4 Å². The van der Waals surface area contributed by atoms with Crippen molar-refractivity contribution in [3.63, 3.8) is 0 Å². The Kier molecular flexibility index (Phi) is 22.1. The molecule has 24 aromatic carbocycles. The molecule has 0 aliphatic heterocycles. The summed E-state index contributed by atoms with van der Waals surface area (Å²) in [6.45, 7) is 0. The molecule has 30 aromatic rings. The summed E-state index contributed by atoms with van der Waals surface area (Å²) in [7, 11) is 0. The first-order valence-corrected chi connectivity index (χ1v) is 50.9. The zero-order valence-electron chi connectivity index (χ0n) is 80.1. The highest BCUT2D eigenvalue weighted by molar-refractivity contribution is 7.26.